The van der Waals surface area contributed by atoms with Crippen molar-refractivity contribution in [1.29, 1.82) is 0 Å². The van der Waals surface area contributed by atoms with E-state index in [9.17, 15) is 19.5 Å². The normalized spacial score (nSPS) is 14.6. The first-order valence-corrected chi connectivity index (χ1v) is 10.2. The van der Waals surface area contributed by atoms with E-state index < -0.39 is 17.8 Å². The van der Waals surface area contributed by atoms with Gasteiger partial charge in [0, 0.05) is 0 Å². The fourth-order valence-corrected chi connectivity index (χ4v) is 4.10. The van der Waals surface area contributed by atoms with Crippen LogP contribution in [0.2, 0.25) is 0 Å². The minimum absolute atomic E-state index is 0.0467. The molecule has 8 nitrogen and oxygen atoms in total. The van der Waals surface area contributed by atoms with E-state index in [1.807, 2.05) is 0 Å². The molecule has 1 aliphatic rings. The number of carboxylic acid groups (broad SMARTS) is 1. The third-order valence-electron chi connectivity index (χ3n) is 4.31. The molecule has 0 aromatic heterocycles. The van der Waals surface area contributed by atoms with E-state index in [4.69, 9.17) is 21.7 Å². The maximum Gasteiger partial charge on any atom is 0.337 e. The van der Waals surface area contributed by atoms with Crippen LogP contribution in [0, 0.1) is 0 Å². The van der Waals surface area contributed by atoms with Crippen LogP contribution in [0.4, 0.5) is 5.69 Å². The number of hydrogen-bond donors (Lipinski definition) is 2. The first-order valence-electron chi connectivity index (χ1n) is 8.93. The third kappa shape index (κ3) is 5.04. The maximum absolute atomic E-state index is 12.8. The molecule has 0 atom stereocenters. The minimum atomic E-state index is -1.17. The highest BCUT2D eigenvalue weighted by Crippen LogP contribution is 2.34. The van der Waals surface area contributed by atoms with Crippen molar-refractivity contribution in [1.82, 2.24) is 4.90 Å². The highest BCUT2D eigenvalue weighted by molar-refractivity contribution is 8.26. The van der Waals surface area contributed by atoms with Gasteiger partial charge in [-0.05, 0) is 35.9 Å². The van der Waals surface area contributed by atoms with Crippen molar-refractivity contribution >= 4 is 57.8 Å². The Kier molecular flexibility index (Phi) is 6.93. The zero-order valence-electron chi connectivity index (χ0n) is 16.6. The Balaban J connectivity index is 1.74. The van der Waals surface area contributed by atoms with Crippen LogP contribution >= 0.6 is 24.0 Å². The second-order valence-corrected chi connectivity index (χ2v) is 7.96. The number of benzene rings is 2. The van der Waals surface area contributed by atoms with E-state index >= 15 is 0 Å². The number of thioether (sulfide) groups is 1. The first-order chi connectivity index (χ1) is 14.8. The highest BCUT2D eigenvalue weighted by Gasteiger charge is 2.33. The molecule has 1 fully saturated rings. The Morgan fingerprint density at radius 2 is 1.87 bits per heavy atom. The SMILES string of the molecule is COc1ccc(C=C2SC(=S)N(CC(=O)Nc3ccccc3C(=O)O)C2=O)cc1OC. The lowest BCUT2D eigenvalue weighted by Crippen LogP contribution is -2.36. The number of ether oxygens (including phenoxy) is 2. The number of hydrogen-bond acceptors (Lipinski definition) is 7. The van der Waals surface area contributed by atoms with Gasteiger partial charge in [-0.25, -0.2) is 4.79 Å². The largest absolute Gasteiger partial charge is 0.493 e. The molecule has 0 aliphatic carbocycles. The molecule has 1 aliphatic heterocycles. The summed E-state index contributed by atoms with van der Waals surface area (Å²) in [4.78, 5) is 38.0. The van der Waals surface area contributed by atoms with Gasteiger partial charge in [-0.15, -0.1) is 0 Å². The lowest BCUT2D eigenvalue weighted by Gasteiger charge is -2.15. The standard InChI is InChI=1S/C21H18N2O6S2/c1-28-15-8-7-12(9-16(15)29-2)10-17-19(25)23(21(30)31-17)11-18(24)22-14-6-4-3-5-13(14)20(26)27/h3-10H,11H2,1-2H3,(H,22,24)(H,26,27). The molecular formula is C21H18N2O6S2. The maximum atomic E-state index is 12.8. The number of rotatable bonds is 7. The summed E-state index contributed by atoms with van der Waals surface area (Å²) in [6.07, 6.45) is 1.65. The molecule has 2 aromatic rings. The summed E-state index contributed by atoms with van der Waals surface area (Å²) in [5, 5.41) is 11.7. The topological polar surface area (TPSA) is 105 Å². The fraction of sp³-hybridized carbons (Fsp3) is 0.143. The molecule has 1 saturated heterocycles. The number of thiocarbonyl (C=S) groups is 1. The summed E-state index contributed by atoms with van der Waals surface area (Å²) < 4.78 is 10.7. The number of anilines is 1. The number of nitrogens with one attached hydrogen (secondary N) is 1. The summed E-state index contributed by atoms with van der Waals surface area (Å²) in [6, 6.07) is 11.2. The quantitative estimate of drug-likeness (QED) is 0.481. The van der Waals surface area contributed by atoms with Crippen molar-refractivity contribution in [3.8, 4) is 11.5 Å². The summed E-state index contributed by atoms with van der Waals surface area (Å²) in [6.45, 7) is -0.331. The Morgan fingerprint density at radius 1 is 1.16 bits per heavy atom. The molecule has 0 radical (unpaired) electrons. The molecule has 2 aromatic carbocycles. The number of aromatic carboxylic acids is 1. The average molecular weight is 459 g/mol. The predicted octanol–water partition coefficient (Wildman–Crippen LogP) is 3.24. The van der Waals surface area contributed by atoms with Crippen LogP contribution in [-0.2, 0) is 9.59 Å². The van der Waals surface area contributed by atoms with Gasteiger partial charge in [0.15, 0.2) is 11.5 Å². The monoisotopic (exact) mass is 458 g/mol. The fourth-order valence-electron chi connectivity index (χ4n) is 2.84. The van der Waals surface area contributed by atoms with Crippen molar-refractivity contribution < 1.29 is 29.0 Å². The van der Waals surface area contributed by atoms with Gasteiger partial charge in [0.2, 0.25) is 5.91 Å². The van der Waals surface area contributed by atoms with Crippen LogP contribution in [0.1, 0.15) is 15.9 Å². The zero-order valence-corrected chi connectivity index (χ0v) is 18.2. The zero-order chi connectivity index (χ0) is 22.5. The molecular weight excluding hydrogens is 440 g/mol. The number of nitrogens with zero attached hydrogens (tertiary/aromatic N) is 1. The lowest BCUT2D eigenvalue weighted by molar-refractivity contribution is -0.126. The van der Waals surface area contributed by atoms with Gasteiger partial charge in [-0.2, -0.15) is 0 Å². The van der Waals surface area contributed by atoms with E-state index in [0.717, 1.165) is 11.8 Å². The smallest absolute Gasteiger partial charge is 0.337 e. The van der Waals surface area contributed by atoms with Crippen LogP contribution in [0.15, 0.2) is 47.4 Å². The molecule has 0 spiro atoms. The van der Waals surface area contributed by atoms with Gasteiger partial charge in [0.1, 0.15) is 10.9 Å². The summed E-state index contributed by atoms with van der Waals surface area (Å²) in [5.41, 5.74) is 0.805. The van der Waals surface area contributed by atoms with E-state index in [0.29, 0.717) is 22.0 Å². The van der Waals surface area contributed by atoms with Crippen molar-refractivity contribution in [3.63, 3.8) is 0 Å². The third-order valence-corrected chi connectivity index (χ3v) is 5.69. The Morgan fingerprint density at radius 3 is 2.55 bits per heavy atom. The molecule has 31 heavy (non-hydrogen) atoms. The van der Waals surface area contributed by atoms with Crippen LogP contribution in [0.25, 0.3) is 6.08 Å². The number of carbonyl (C=O) groups is 3. The van der Waals surface area contributed by atoms with E-state index in [-0.39, 0.29) is 22.1 Å². The molecule has 10 heteroatoms. The molecule has 160 valence electrons. The molecule has 1 heterocycles. The summed E-state index contributed by atoms with van der Waals surface area (Å²) >= 11 is 6.34. The second-order valence-electron chi connectivity index (χ2n) is 6.28. The van der Waals surface area contributed by atoms with Crippen LogP contribution in [0.3, 0.4) is 0 Å². The van der Waals surface area contributed by atoms with Gasteiger partial charge in [-0.3, -0.25) is 14.5 Å². The number of carboxylic acids is 1. The number of methoxy groups -OCH3 is 2. The van der Waals surface area contributed by atoms with Crippen LogP contribution in [0.5, 0.6) is 11.5 Å². The van der Waals surface area contributed by atoms with Crippen LogP contribution in [-0.4, -0.2) is 52.9 Å². The molecule has 0 unspecified atom stereocenters. The number of carbonyl (C=O) groups excluding carboxylic acids is 2. The molecule has 0 saturated carbocycles. The van der Waals surface area contributed by atoms with E-state index in [2.05, 4.69) is 5.32 Å². The molecule has 2 N–H and O–H groups in total. The second kappa shape index (κ2) is 9.63. The van der Waals surface area contributed by atoms with Crippen LogP contribution < -0.4 is 14.8 Å². The Labute approximate surface area is 187 Å². The van der Waals surface area contributed by atoms with Gasteiger partial charge in [0.05, 0.1) is 30.4 Å². The summed E-state index contributed by atoms with van der Waals surface area (Å²) in [5.74, 6) is -1.06. The van der Waals surface area contributed by atoms with Gasteiger partial charge < -0.3 is 19.9 Å². The van der Waals surface area contributed by atoms with Crippen molar-refractivity contribution in [3.05, 3.63) is 58.5 Å². The van der Waals surface area contributed by atoms with E-state index in [1.54, 1.807) is 36.4 Å². The van der Waals surface area contributed by atoms with E-state index in [1.165, 1.54) is 31.3 Å². The lowest BCUT2D eigenvalue weighted by atomic mass is 10.1. The predicted molar refractivity (Wildman–Crippen MR) is 121 cm³/mol. The first kappa shape index (κ1) is 22.3. The van der Waals surface area contributed by atoms with Crippen molar-refractivity contribution in [2.24, 2.45) is 0 Å². The van der Waals surface area contributed by atoms with Crippen molar-refractivity contribution in [2.45, 2.75) is 0 Å². The number of amides is 2. The highest BCUT2D eigenvalue weighted by atomic mass is 32.2. The molecule has 2 amide bonds. The Hall–Kier alpha value is -3.37. The summed E-state index contributed by atoms with van der Waals surface area (Å²) in [7, 11) is 3.05. The average Bonchev–Trinajstić information content (AvgIpc) is 3.01. The number of para-hydroxylation sites is 1. The van der Waals surface area contributed by atoms with Gasteiger partial charge in [0.25, 0.3) is 5.91 Å². The van der Waals surface area contributed by atoms with Gasteiger partial charge >= 0.3 is 5.97 Å². The van der Waals surface area contributed by atoms with Gasteiger partial charge in [-0.1, -0.05) is 42.2 Å². The van der Waals surface area contributed by atoms with Crippen molar-refractivity contribution in [2.75, 3.05) is 26.1 Å². The molecule has 0 bridgehead atoms. The minimum Gasteiger partial charge on any atom is -0.493 e. The Bertz CT molecular complexity index is 1100. The molecule has 3 rings (SSSR count).